The monoisotopic (exact) mass is 276 g/mol. The smallest absolute Gasteiger partial charge is 0.503 e. The van der Waals surface area contributed by atoms with Crippen molar-refractivity contribution in [2.24, 2.45) is 0 Å². The summed E-state index contributed by atoms with van der Waals surface area (Å²) in [5.41, 5.74) is 0. The summed E-state index contributed by atoms with van der Waals surface area (Å²) in [6.45, 7) is 14.6. The van der Waals surface area contributed by atoms with Crippen molar-refractivity contribution < 1.29 is 18.9 Å². The molecule has 90 valence electrons. The summed E-state index contributed by atoms with van der Waals surface area (Å²) in [7, 11) is 0.653. The second-order valence-electron chi connectivity index (χ2n) is 6.09. The molecule has 1 atom stereocenters. The molecule has 0 fully saturated rings. The molecule has 17 heavy (non-hydrogen) atoms. The average molecular weight is 276 g/mol. The van der Waals surface area contributed by atoms with Crippen LogP contribution in [0.4, 0.5) is 0 Å². The van der Waals surface area contributed by atoms with Crippen LogP contribution in [0.3, 0.4) is 0 Å². The van der Waals surface area contributed by atoms with E-state index in [1.54, 1.807) is 13.1 Å². The van der Waals surface area contributed by atoms with Crippen molar-refractivity contribution >= 4 is 28.5 Å². The molecule has 1 aromatic carbocycles. The number of rotatable bonds is 3. The number of benzene rings is 1. The van der Waals surface area contributed by atoms with Crippen LogP contribution in [0.15, 0.2) is 30.3 Å². The minimum absolute atomic E-state index is 0. The molecule has 0 nitrogen and oxygen atoms in total. The van der Waals surface area contributed by atoms with Crippen LogP contribution in [0.1, 0.15) is 20.8 Å². The van der Waals surface area contributed by atoms with E-state index in [2.05, 4.69) is 70.7 Å². The predicted molar refractivity (Wildman–Crippen MR) is 83.0 cm³/mol. The molecular weight excluding hydrogens is 253 g/mol. The first kappa shape index (κ1) is 17.9. The first-order valence-corrected chi connectivity index (χ1v) is 13.1. The molecule has 0 bridgehead atoms. The Morgan fingerprint density at radius 3 is 1.82 bits per heavy atom. The van der Waals surface area contributed by atoms with E-state index in [9.17, 15) is 0 Å². The van der Waals surface area contributed by atoms with Gasteiger partial charge in [0, 0.05) is 0 Å². The van der Waals surface area contributed by atoms with E-state index in [0.717, 1.165) is 0 Å². The molecule has 1 unspecified atom stereocenters. The summed E-state index contributed by atoms with van der Waals surface area (Å²) in [5.74, 6) is 0. The fourth-order valence-electron chi connectivity index (χ4n) is 1.46. The van der Waals surface area contributed by atoms with Gasteiger partial charge >= 0.3 is 18.9 Å². The molecule has 4 heteroatoms. The van der Waals surface area contributed by atoms with Gasteiger partial charge in [0.25, 0.3) is 0 Å². The van der Waals surface area contributed by atoms with Gasteiger partial charge in [0.15, 0.2) is 0 Å². The summed E-state index contributed by atoms with van der Waals surface area (Å²) in [6, 6.07) is 11.1. The Balaban J connectivity index is 0.00000256. The van der Waals surface area contributed by atoms with E-state index in [0.29, 0.717) is 5.16 Å². The second-order valence-corrected chi connectivity index (χ2v) is 20.7. The maximum absolute atomic E-state index is 2.47. The molecule has 0 amide bonds. The zero-order valence-electron chi connectivity index (χ0n) is 12.3. The van der Waals surface area contributed by atoms with Crippen molar-refractivity contribution in [3.05, 3.63) is 30.3 Å². The maximum atomic E-state index is 2.47. The third-order valence-electron chi connectivity index (χ3n) is 2.04. The minimum Gasteiger partial charge on any atom is -0.503 e. The Bertz CT molecular complexity index is 328. The first-order valence-electron chi connectivity index (χ1n) is 5.78. The fraction of sp³-hybridized carbons (Fsp3) is 0.538. The third kappa shape index (κ3) is 6.56. The van der Waals surface area contributed by atoms with Gasteiger partial charge in [0.2, 0.25) is 0 Å². The van der Waals surface area contributed by atoms with Gasteiger partial charge in [0.1, 0.15) is 0 Å². The Morgan fingerprint density at radius 1 is 1.00 bits per heavy atom. The van der Waals surface area contributed by atoms with E-state index in [-0.39, 0.29) is 26.5 Å². The van der Waals surface area contributed by atoms with E-state index in [4.69, 9.17) is 0 Å². The Labute approximate surface area is 123 Å². The van der Waals surface area contributed by atoms with Crippen LogP contribution in [-0.4, -0.2) is 12.9 Å². The molecule has 0 saturated carbocycles. The van der Waals surface area contributed by atoms with Gasteiger partial charge < -0.3 is 7.82 Å². The molecule has 1 aromatic rings. The molecule has 0 aliphatic carbocycles. The molecule has 0 heterocycles. The standard InChI is InChI=1S/C13H23P2Si.Li/c1-13(2,3)15(14-16(4,5)6)12-10-8-7-9-11-12;/h7-11H,1-6H3;/q-1;+1. The SMILES string of the molecule is CC(C)(C)P([P-][Si](C)(C)C)c1ccccc1.[Li+]. The van der Waals surface area contributed by atoms with Crippen molar-refractivity contribution in [3.8, 4) is 0 Å². The number of hydrogen-bond donors (Lipinski definition) is 0. The molecule has 1 rings (SSSR count). The topological polar surface area (TPSA) is 0 Å². The van der Waals surface area contributed by atoms with Crippen molar-refractivity contribution in [3.63, 3.8) is 0 Å². The summed E-state index contributed by atoms with van der Waals surface area (Å²) < 4.78 is 0. The van der Waals surface area contributed by atoms with Crippen LogP contribution >= 0.6 is 15.4 Å². The normalized spacial score (nSPS) is 14.7. The van der Waals surface area contributed by atoms with Crippen molar-refractivity contribution in [2.45, 2.75) is 45.6 Å². The van der Waals surface area contributed by atoms with Crippen molar-refractivity contribution in [1.82, 2.24) is 0 Å². The Kier molecular flexibility index (Phi) is 7.25. The largest absolute Gasteiger partial charge is 1.00 e. The molecule has 0 spiro atoms. The third-order valence-corrected chi connectivity index (χ3v) is 17.0. The molecule has 0 saturated heterocycles. The molecule has 0 radical (unpaired) electrons. The van der Waals surface area contributed by atoms with Gasteiger partial charge in [0.05, 0.1) is 0 Å². The average Bonchev–Trinajstić information content (AvgIpc) is 2.13. The van der Waals surface area contributed by atoms with Gasteiger partial charge in [-0.05, 0) is 5.16 Å². The number of hydrogen-bond acceptors (Lipinski definition) is 0. The summed E-state index contributed by atoms with van der Waals surface area (Å²) in [4.78, 5) is 0. The molecule has 0 aliphatic heterocycles. The first-order chi connectivity index (χ1) is 7.20. The van der Waals surface area contributed by atoms with Crippen LogP contribution in [-0.2, 0) is 0 Å². The van der Waals surface area contributed by atoms with Crippen LogP contribution in [0.5, 0.6) is 0 Å². The zero-order chi connectivity index (χ0) is 12.4. The fourth-order valence-corrected chi connectivity index (χ4v) is 16.3. The van der Waals surface area contributed by atoms with Gasteiger partial charge in [-0.3, -0.25) is 0 Å². The second kappa shape index (κ2) is 6.89. The van der Waals surface area contributed by atoms with Crippen LogP contribution in [0, 0.1) is 0 Å². The molecule has 0 N–H and O–H groups in total. The van der Waals surface area contributed by atoms with Gasteiger partial charge in [-0.15, -0.1) is 0 Å². The van der Waals surface area contributed by atoms with Crippen molar-refractivity contribution in [2.75, 3.05) is 0 Å². The summed E-state index contributed by atoms with van der Waals surface area (Å²) >= 11 is 0. The predicted octanol–water partition coefficient (Wildman–Crippen LogP) is 2.29. The Morgan fingerprint density at radius 2 is 1.47 bits per heavy atom. The van der Waals surface area contributed by atoms with E-state index in [1.807, 2.05) is 0 Å². The van der Waals surface area contributed by atoms with E-state index in [1.165, 1.54) is 0 Å². The van der Waals surface area contributed by atoms with Gasteiger partial charge in [-0.2, -0.15) is 0 Å². The summed E-state index contributed by atoms with van der Waals surface area (Å²) in [6.07, 6.45) is 0. The van der Waals surface area contributed by atoms with Crippen LogP contribution < -0.4 is 24.2 Å². The molecule has 0 aromatic heterocycles. The minimum atomic E-state index is -1.01. The van der Waals surface area contributed by atoms with E-state index >= 15 is 0 Å². The Hall–Kier alpha value is 0.894. The molecular formula is C13H23LiP2Si. The van der Waals surface area contributed by atoms with Crippen LogP contribution in [0.2, 0.25) is 19.6 Å². The van der Waals surface area contributed by atoms with Gasteiger partial charge in [-0.1, -0.05) is 83.8 Å². The molecule has 0 aliphatic rings. The van der Waals surface area contributed by atoms with Gasteiger partial charge in [-0.25, -0.2) is 7.61 Å². The maximum Gasteiger partial charge on any atom is 1.00 e. The summed E-state index contributed by atoms with van der Waals surface area (Å²) in [5, 5.41) is 1.98. The van der Waals surface area contributed by atoms with Crippen molar-refractivity contribution in [1.29, 1.82) is 0 Å². The van der Waals surface area contributed by atoms with E-state index < -0.39 is 7.74 Å². The zero-order valence-corrected chi connectivity index (χ0v) is 15.1. The van der Waals surface area contributed by atoms with Crippen LogP contribution in [0.25, 0.3) is 0 Å². The quantitative estimate of drug-likeness (QED) is 0.587.